The Kier molecular flexibility index (Phi) is 3.86. The monoisotopic (exact) mass is 292 g/mol. The summed E-state index contributed by atoms with van der Waals surface area (Å²) in [6.45, 7) is 2.65. The normalized spacial score (nSPS) is 12.6. The van der Waals surface area contributed by atoms with Crippen molar-refractivity contribution < 1.29 is 0 Å². The number of nitrogens with two attached hydrogens (primary N) is 1. The lowest BCUT2D eigenvalue weighted by atomic mass is 10.3. The molecule has 1 atom stereocenters. The second-order valence-corrected chi connectivity index (χ2v) is 4.14. The van der Waals surface area contributed by atoms with Crippen molar-refractivity contribution in [2.45, 2.75) is 13.0 Å². The molecule has 0 aromatic carbocycles. The average Bonchev–Trinajstić information content (AvgIpc) is 2.17. The molecule has 1 aromatic rings. The van der Waals surface area contributed by atoms with Crippen LogP contribution < -0.4 is 10.6 Å². The molecule has 0 aliphatic rings. The first-order valence-electron chi connectivity index (χ1n) is 4.05. The van der Waals surface area contributed by atoms with E-state index in [1.807, 2.05) is 18.9 Å². The molecule has 0 spiro atoms. The van der Waals surface area contributed by atoms with Crippen LogP contribution in [-0.2, 0) is 0 Å². The van der Waals surface area contributed by atoms with Crippen LogP contribution in [-0.4, -0.2) is 29.6 Å². The highest BCUT2D eigenvalue weighted by molar-refractivity contribution is 14.1. The first-order chi connectivity index (χ1) is 6.15. The van der Waals surface area contributed by atoms with E-state index in [1.54, 1.807) is 12.4 Å². The molecule has 5 heteroatoms. The maximum atomic E-state index is 5.54. The number of halogens is 1. The van der Waals surface area contributed by atoms with Gasteiger partial charge in [-0.1, -0.05) is 0 Å². The van der Waals surface area contributed by atoms with E-state index in [0.29, 0.717) is 6.54 Å². The molecule has 1 unspecified atom stereocenters. The number of likely N-dealkylation sites (N-methyl/N-ethyl adjacent to an activating group) is 1. The maximum absolute atomic E-state index is 5.54. The zero-order valence-corrected chi connectivity index (χ0v) is 9.89. The van der Waals surface area contributed by atoms with E-state index < -0.39 is 0 Å². The number of hydrogen-bond acceptors (Lipinski definition) is 4. The number of nitrogens with zero attached hydrogens (tertiary/aromatic N) is 3. The summed E-state index contributed by atoms with van der Waals surface area (Å²) in [7, 11) is 1.94. The van der Waals surface area contributed by atoms with E-state index in [2.05, 4.69) is 32.6 Å². The van der Waals surface area contributed by atoms with Crippen LogP contribution >= 0.6 is 22.6 Å². The highest BCUT2D eigenvalue weighted by Gasteiger charge is 2.09. The van der Waals surface area contributed by atoms with Crippen LogP contribution in [0.2, 0.25) is 0 Å². The van der Waals surface area contributed by atoms with E-state index in [1.165, 1.54) is 0 Å². The van der Waals surface area contributed by atoms with Crippen LogP contribution in [0.15, 0.2) is 12.4 Å². The van der Waals surface area contributed by atoms with Crippen LogP contribution in [0.4, 0.5) is 5.95 Å². The van der Waals surface area contributed by atoms with Gasteiger partial charge in [0.05, 0.1) is 0 Å². The van der Waals surface area contributed by atoms with Gasteiger partial charge in [0.15, 0.2) is 0 Å². The lowest BCUT2D eigenvalue weighted by Crippen LogP contribution is -2.36. The second kappa shape index (κ2) is 4.71. The first kappa shape index (κ1) is 10.6. The average molecular weight is 292 g/mol. The number of anilines is 1. The van der Waals surface area contributed by atoms with Gasteiger partial charge >= 0.3 is 0 Å². The van der Waals surface area contributed by atoms with E-state index in [-0.39, 0.29) is 6.04 Å². The molecule has 0 amide bonds. The van der Waals surface area contributed by atoms with Crippen LogP contribution in [0.25, 0.3) is 0 Å². The van der Waals surface area contributed by atoms with Crippen LogP contribution in [0, 0.1) is 3.57 Å². The summed E-state index contributed by atoms with van der Waals surface area (Å²) < 4.78 is 1.04. The summed E-state index contributed by atoms with van der Waals surface area (Å²) in [5.74, 6) is 0.721. The zero-order valence-electron chi connectivity index (χ0n) is 7.74. The van der Waals surface area contributed by atoms with Crippen molar-refractivity contribution in [2.24, 2.45) is 5.73 Å². The third-order valence-electron chi connectivity index (χ3n) is 1.92. The fourth-order valence-electron chi connectivity index (χ4n) is 0.843. The van der Waals surface area contributed by atoms with Gasteiger partial charge < -0.3 is 10.6 Å². The van der Waals surface area contributed by atoms with E-state index in [9.17, 15) is 0 Å². The van der Waals surface area contributed by atoms with Crippen molar-refractivity contribution in [3.05, 3.63) is 16.0 Å². The highest BCUT2D eigenvalue weighted by atomic mass is 127. The molecule has 13 heavy (non-hydrogen) atoms. The van der Waals surface area contributed by atoms with Gasteiger partial charge in [-0.2, -0.15) is 0 Å². The van der Waals surface area contributed by atoms with Gasteiger partial charge in [0, 0.05) is 35.6 Å². The smallest absolute Gasteiger partial charge is 0.225 e. The Morgan fingerprint density at radius 3 is 2.54 bits per heavy atom. The third-order valence-corrected chi connectivity index (χ3v) is 2.48. The summed E-state index contributed by atoms with van der Waals surface area (Å²) >= 11 is 2.18. The molecule has 72 valence electrons. The quantitative estimate of drug-likeness (QED) is 0.840. The first-order valence-corrected chi connectivity index (χ1v) is 5.13. The Balaban J connectivity index is 2.77. The van der Waals surface area contributed by atoms with Crippen molar-refractivity contribution >= 4 is 28.5 Å². The van der Waals surface area contributed by atoms with Gasteiger partial charge in [-0.15, -0.1) is 0 Å². The van der Waals surface area contributed by atoms with Crippen LogP contribution in [0.1, 0.15) is 6.92 Å². The molecule has 4 nitrogen and oxygen atoms in total. The molecule has 0 bridgehead atoms. The van der Waals surface area contributed by atoms with Gasteiger partial charge in [-0.3, -0.25) is 0 Å². The molecule has 1 rings (SSSR count). The maximum Gasteiger partial charge on any atom is 0.225 e. The molecule has 0 radical (unpaired) electrons. The van der Waals surface area contributed by atoms with Gasteiger partial charge in [0.1, 0.15) is 0 Å². The SMILES string of the molecule is CC(CN)N(C)c1ncc(I)cn1. The van der Waals surface area contributed by atoms with Gasteiger partial charge in [0.25, 0.3) is 0 Å². The lowest BCUT2D eigenvalue weighted by Gasteiger charge is -2.23. The minimum absolute atomic E-state index is 0.264. The van der Waals surface area contributed by atoms with Gasteiger partial charge in [-0.25, -0.2) is 9.97 Å². The summed E-state index contributed by atoms with van der Waals surface area (Å²) in [5, 5.41) is 0. The molecule has 0 saturated heterocycles. The number of rotatable bonds is 3. The van der Waals surface area contributed by atoms with Crippen LogP contribution in [0.5, 0.6) is 0 Å². The third kappa shape index (κ3) is 2.77. The molecule has 0 fully saturated rings. The van der Waals surface area contributed by atoms with Gasteiger partial charge in [-0.05, 0) is 29.5 Å². The minimum atomic E-state index is 0.264. The zero-order chi connectivity index (χ0) is 9.84. The summed E-state index contributed by atoms with van der Waals surface area (Å²) in [6, 6.07) is 0.264. The molecule has 0 aliphatic carbocycles. The van der Waals surface area contributed by atoms with Crippen molar-refractivity contribution in [3.8, 4) is 0 Å². The summed E-state index contributed by atoms with van der Waals surface area (Å²) in [4.78, 5) is 10.4. The van der Waals surface area contributed by atoms with Crippen molar-refractivity contribution in [3.63, 3.8) is 0 Å². The Labute approximate surface area is 91.7 Å². The molecule has 0 saturated carbocycles. The van der Waals surface area contributed by atoms with Crippen LogP contribution in [0.3, 0.4) is 0 Å². The fraction of sp³-hybridized carbons (Fsp3) is 0.500. The topological polar surface area (TPSA) is 55.0 Å². The molecule has 2 N–H and O–H groups in total. The molecule has 0 aliphatic heterocycles. The molecule has 1 aromatic heterocycles. The van der Waals surface area contributed by atoms with Crippen molar-refractivity contribution in [2.75, 3.05) is 18.5 Å². The Morgan fingerprint density at radius 1 is 1.54 bits per heavy atom. The van der Waals surface area contributed by atoms with E-state index in [4.69, 9.17) is 5.73 Å². The predicted molar refractivity (Wildman–Crippen MR) is 61.7 cm³/mol. The minimum Gasteiger partial charge on any atom is -0.340 e. The predicted octanol–water partition coefficient (Wildman–Crippen LogP) is 0.865. The Hall–Kier alpha value is -0.430. The van der Waals surface area contributed by atoms with E-state index >= 15 is 0 Å². The van der Waals surface area contributed by atoms with Gasteiger partial charge in [0.2, 0.25) is 5.95 Å². The fourth-order valence-corrected chi connectivity index (χ4v) is 1.12. The largest absolute Gasteiger partial charge is 0.340 e. The lowest BCUT2D eigenvalue weighted by molar-refractivity contribution is 0.677. The standard InChI is InChI=1S/C8H13IN4/c1-6(3-10)13(2)8-11-4-7(9)5-12-8/h4-6H,3,10H2,1-2H3. The summed E-state index contributed by atoms with van der Waals surface area (Å²) in [5.41, 5.74) is 5.54. The van der Waals surface area contributed by atoms with Crippen molar-refractivity contribution in [1.82, 2.24) is 9.97 Å². The second-order valence-electron chi connectivity index (χ2n) is 2.90. The Bertz CT molecular complexity index is 261. The number of aromatic nitrogens is 2. The van der Waals surface area contributed by atoms with Crippen molar-refractivity contribution in [1.29, 1.82) is 0 Å². The number of hydrogen-bond donors (Lipinski definition) is 1. The molecular formula is C8H13IN4. The highest BCUT2D eigenvalue weighted by Crippen LogP contribution is 2.08. The molecule has 1 heterocycles. The van der Waals surface area contributed by atoms with E-state index in [0.717, 1.165) is 9.52 Å². The summed E-state index contributed by atoms with van der Waals surface area (Å²) in [6.07, 6.45) is 3.59. The Morgan fingerprint density at radius 2 is 2.08 bits per heavy atom. The molecular weight excluding hydrogens is 279 g/mol.